The summed E-state index contributed by atoms with van der Waals surface area (Å²) < 4.78 is 10.0. The van der Waals surface area contributed by atoms with Crippen molar-refractivity contribution >= 4 is 12.1 Å². The van der Waals surface area contributed by atoms with Crippen LogP contribution >= 0.6 is 0 Å². The molecule has 7 nitrogen and oxygen atoms in total. The predicted octanol–water partition coefficient (Wildman–Crippen LogP) is 1.21. The van der Waals surface area contributed by atoms with Gasteiger partial charge in [0.2, 0.25) is 0 Å². The van der Waals surface area contributed by atoms with Crippen LogP contribution in [0.15, 0.2) is 23.5 Å². The molecule has 0 spiro atoms. The maximum absolute atomic E-state index is 12.0. The van der Waals surface area contributed by atoms with Crippen molar-refractivity contribution in [3.8, 4) is 0 Å². The summed E-state index contributed by atoms with van der Waals surface area (Å²) in [4.78, 5) is 24.5. The van der Waals surface area contributed by atoms with E-state index in [0.29, 0.717) is 5.76 Å². The molecule has 0 aromatic carbocycles. The van der Waals surface area contributed by atoms with E-state index in [0.717, 1.165) is 5.57 Å². The van der Waals surface area contributed by atoms with Crippen LogP contribution in [0.1, 0.15) is 27.7 Å². The second-order valence-corrected chi connectivity index (χ2v) is 5.12. The maximum atomic E-state index is 12.0. The number of carbonyl (C=O) groups is 2. The Balaban J connectivity index is 4.68. The van der Waals surface area contributed by atoms with Crippen molar-refractivity contribution in [1.82, 2.24) is 4.90 Å². The zero-order valence-electron chi connectivity index (χ0n) is 13.6. The van der Waals surface area contributed by atoms with Crippen LogP contribution in [-0.2, 0) is 14.3 Å². The second-order valence-electron chi connectivity index (χ2n) is 5.12. The molecule has 0 rings (SSSR count). The van der Waals surface area contributed by atoms with E-state index in [1.807, 2.05) is 0 Å². The first-order chi connectivity index (χ1) is 10.2. The van der Waals surface area contributed by atoms with Gasteiger partial charge in [-0.2, -0.15) is 0 Å². The minimum absolute atomic E-state index is 0.0327. The molecule has 0 fully saturated rings. The predicted molar refractivity (Wildman–Crippen MR) is 81.0 cm³/mol. The largest absolute Gasteiger partial charge is 0.460 e. The molecule has 7 heteroatoms. The Kier molecular flexibility index (Phi) is 9.12. The van der Waals surface area contributed by atoms with E-state index in [1.54, 1.807) is 20.8 Å². The second kappa shape index (κ2) is 9.97. The van der Waals surface area contributed by atoms with Crippen molar-refractivity contribution in [3.05, 3.63) is 23.5 Å². The minimum Gasteiger partial charge on any atom is -0.460 e. The van der Waals surface area contributed by atoms with Gasteiger partial charge in [0.05, 0.1) is 25.8 Å². The molecule has 0 aromatic rings. The van der Waals surface area contributed by atoms with Crippen molar-refractivity contribution in [2.45, 2.75) is 33.8 Å². The third-order valence-electron chi connectivity index (χ3n) is 2.79. The fourth-order valence-corrected chi connectivity index (χ4v) is 1.24. The van der Waals surface area contributed by atoms with Crippen LogP contribution < -0.4 is 0 Å². The van der Waals surface area contributed by atoms with Gasteiger partial charge in [0.25, 0.3) is 0 Å². The van der Waals surface area contributed by atoms with Crippen LogP contribution in [0.25, 0.3) is 0 Å². The zero-order valence-corrected chi connectivity index (χ0v) is 13.6. The van der Waals surface area contributed by atoms with E-state index in [9.17, 15) is 14.7 Å². The van der Waals surface area contributed by atoms with Crippen molar-refractivity contribution in [2.75, 3.05) is 26.3 Å². The molecular formula is C15H25NO6. The van der Waals surface area contributed by atoms with Gasteiger partial charge < -0.3 is 24.6 Å². The fourth-order valence-electron chi connectivity index (χ4n) is 1.24. The normalized spacial score (nSPS) is 11.4. The summed E-state index contributed by atoms with van der Waals surface area (Å²) in [5, 5.41) is 18.4. The van der Waals surface area contributed by atoms with Gasteiger partial charge in [-0.05, 0) is 33.3 Å². The summed E-state index contributed by atoms with van der Waals surface area (Å²) in [6, 6.07) is 0. The number of esters is 1. The summed E-state index contributed by atoms with van der Waals surface area (Å²) in [5.41, 5.74) is 1.09. The van der Waals surface area contributed by atoms with Crippen LogP contribution in [0.4, 0.5) is 4.79 Å². The minimum atomic E-state index is -1.10. The van der Waals surface area contributed by atoms with Crippen molar-refractivity contribution in [1.29, 1.82) is 0 Å². The van der Waals surface area contributed by atoms with E-state index in [1.165, 1.54) is 11.8 Å². The molecule has 0 saturated heterocycles. The highest BCUT2D eigenvalue weighted by Gasteiger charge is 2.20. The molecule has 0 saturated carbocycles. The molecule has 0 radical (unpaired) electrons. The smallest absolute Gasteiger partial charge is 0.415 e. The molecule has 1 unspecified atom stereocenters. The van der Waals surface area contributed by atoms with E-state index in [2.05, 4.69) is 6.58 Å². The Morgan fingerprint density at radius 3 is 2.27 bits per heavy atom. The Labute approximate surface area is 130 Å². The Hall–Kier alpha value is -1.86. The van der Waals surface area contributed by atoms with E-state index < -0.39 is 24.8 Å². The lowest BCUT2D eigenvalue weighted by molar-refractivity contribution is -0.139. The number of hydrogen-bond donors (Lipinski definition) is 2. The number of aliphatic hydroxyl groups excluding tert-OH is 2. The Morgan fingerprint density at radius 2 is 1.82 bits per heavy atom. The van der Waals surface area contributed by atoms with Crippen molar-refractivity contribution < 1.29 is 29.3 Å². The van der Waals surface area contributed by atoms with Crippen LogP contribution in [-0.4, -0.2) is 59.6 Å². The molecule has 1 atom stereocenters. The molecular weight excluding hydrogens is 290 g/mol. The Morgan fingerprint density at radius 1 is 1.23 bits per heavy atom. The highest BCUT2D eigenvalue weighted by molar-refractivity contribution is 5.86. The third kappa shape index (κ3) is 7.80. The van der Waals surface area contributed by atoms with Gasteiger partial charge in [-0.3, -0.25) is 0 Å². The van der Waals surface area contributed by atoms with Crippen LogP contribution in [0, 0.1) is 0 Å². The first kappa shape index (κ1) is 20.1. The first-order valence-corrected chi connectivity index (χ1v) is 6.91. The maximum Gasteiger partial charge on any atom is 0.415 e. The molecule has 0 aromatic heterocycles. The SMILES string of the molecule is C=C(C)C(=O)OCCN(CC(O)CO)C(=O)OC(C)=C(C)C. The van der Waals surface area contributed by atoms with Crippen LogP contribution in [0.2, 0.25) is 0 Å². The summed E-state index contributed by atoms with van der Waals surface area (Å²) in [6.07, 6.45) is -1.78. The highest BCUT2D eigenvalue weighted by Crippen LogP contribution is 2.08. The van der Waals surface area contributed by atoms with Gasteiger partial charge in [-0.25, -0.2) is 9.59 Å². The number of carbonyl (C=O) groups excluding carboxylic acids is 2. The quantitative estimate of drug-likeness (QED) is 0.397. The van der Waals surface area contributed by atoms with Gasteiger partial charge >= 0.3 is 12.1 Å². The lowest BCUT2D eigenvalue weighted by atomic mass is 10.3. The summed E-state index contributed by atoms with van der Waals surface area (Å²) in [5.74, 6) is -0.107. The number of hydrogen-bond acceptors (Lipinski definition) is 6. The summed E-state index contributed by atoms with van der Waals surface area (Å²) >= 11 is 0. The number of rotatable bonds is 8. The van der Waals surface area contributed by atoms with E-state index >= 15 is 0 Å². The van der Waals surface area contributed by atoms with Crippen molar-refractivity contribution in [2.24, 2.45) is 0 Å². The monoisotopic (exact) mass is 315 g/mol. The number of allylic oxidation sites excluding steroid dienone is 2. The lowest BCUT2D eigenvalue weighted by Crippen LogP contribution is -2.41. The molecule has 0 aliphatic heterocycles. The standard InChI is InChI=1S/C15H25NO6/c1-10(2)12(5)22-15(20)16(8-13(18)9-17)6-7-21-14(19)11(3)4/h13,17-18H,3,6-9H2,1-2,4-5H3. The first-order valence-electron chi connectivity index (χ1n) is 6.91. The summed E-state index contributed by atoms with van der Waals surface area (Å²) in [6.45, 7) is 9.56. The van der Waals surface area contributed by atoms with E-state index in [-0.39, 0.29) is 25.3 Å². The Bertz CT molecular complexity index is 439. The average molecular weight is 315 g/mol. The van der Waals surface area contributed by atoms with Gasteiger partial charge in [0.15, 0.2) is 0 Å². The molecule has 0 aliphatic rings. The molecule has 2 N–H and O–H groups in total. The molecule has 0 heterocycles. The lowest BCUT2D eigenvalue weighted by Gasteiger charge is -2.24. The van der Waals surface area contributed by atoms with Crippen LogP contribution in [0.5, 0.6) is 0 Å². The highest BCUT2D eigenvalue weighted by atomic mass is 16.6. The average Bonchev–Trinajstić information content (AvgIpc) is 2.45. The van der Waals surface area contributed by atoms with Crippen LogP contribution in [0.3, 0.4) is 0 Å². The number of aliphatic hydroxyl groups is 2. The molecule has 0 bridgehead atoms. The number of amides is 1. The summed E-state index contributed by atoms with van der Waals surface area (Å²) in [7, 11) is 0. The topological polar surface area (TPSA) is 96.3 Å². The molecule has 22 heavy (non-hydrogen) atoms. The van der Waals surface area contributed by atoms with Gasteiger partial charge in [-0.1, -0.05) is 6.58 Å². The van der Waals surface area contributed by atoms with Crippen molar-refractivity contribution in [3.63, 3.8) is 0 Å². The molecule has 1 amide bonds. The number of nitrogens with zero attached hydrogens (tertiary/aromatic N) is 1. The molecule has 0 aliphatic carbocycles. The van der Waals surface area contributed by atoms with Gasteiger partial charge in [0.1, 0.15) is 12.4 Å². The van der Waals surface area contributed by atoms with Gasteiger partial charge in [-0.15, -0.1) is 0 Å². The molecule has 126 valence electrons. The van der Waals surface area contributed by atoms with Gasteiger partial charge in [0, 0.05) is 5.57 Å². The zero-order chi connectivity index (χ0) is 17.3. The third-order valence-corrected chi connectivity index (χ3v) is 2.79. The fraction of sp³-hybridized carbons (Fsp3) is 0.600. The van der Waals surface area contributed by atoms with E-state index in [4.69, 9.17) is 14.6 Å². The number of ether oxygens (including phenoxy) is 2.